The molecule has 30 heavy (non-hydrogen) atoms. The molecule has 2 amide bonds. The van der Waals surface area contributed by atoms with Crippen molar-refractivity contribution in [2.45, 2.75) is 45.6 Å². The summed E-state index contributed by atoms with van der Waals surface area (Å²) in [4.78, 5) is 25.0. The van der Waals surface area contributed by atoms with E-state index in [1.54, 1.807) is 6.07 Å². The van der Waals surface area contributed by atoms with Gasteiger partial charge in [-0.1, -0.05) is 24.6 Å². The number of amides is 2. The summed E-state index contributed by atoms with van der Waals surface area (Å²) in [6, 6.07) is 9.56. The van der Waals surface area contributed by atoms with Gasteiger partial charge in [-0.2, -0.15) is 0 Å². The van der Waals surface area contributed by atoms with Gasteiger partial charge in [0.25, 0.3) is 5.91 Å². The molecule has 156 valence electrons. The van der Waals surface area contributed by atoms with Crippen molar-refractivity contribution in [3.05, 3.63) is 52.0 Å². The van der Waals surface area contributed by atoms with E-state index in [0.29, 0.717) is 11.4 Å². The maximum absolute atomic E-state index is 12.4. The average Bonchev–Trinajstić information content (AvgIpc) is 3.35. The van der Waals surface area contributed by atoms with Gasteiger partial charge in [-0.25, -0.2) is 0 Å². The molecule has 1 aliphatic heterocycles. The molecule has 0 bridgehead atoms. The van der Waals surface area contributed by atoms with Gasteiger partial charge < -0.3 is 15.2 Å². The van der Waals surface area contributed by atoms with Crippen LogP contribution >= 0.6 is 11.3 Å². The molecule has 0 saturated heterocycles. The first kappa shape index (κ1) is 20.3. The van der Waals surface area contributed by atoms with Crippen LogP contribution in [0.4, 0.5) is 5.69 Å². The third-order valence-corrected chi connectivity index (χ3v) is 6.13. The number of fused-ring (bicyclic) bond motifs is 1. The lowest BCUT2D eigenvalue weighted by Gasteiger charge is -2.12. The predicted molar refractivity (Wildman–Crippen MR) is 118 cm³/mol. The molecule has 3 heterocycles. The Morgan fingerprint density at radius 2 is 2.07 bits per heavy atom. The first-order valence-corrected chi connectivity index (χ1v) is 11.1. The summed E-state index contributed by atoms with van der Waals surface area (Å²) in [7, 11) is 0. The Hall–Kier alpha value is -3.00. The molecule has 8 heteroatoms. The number of aromatic nitrogens is 3. The largest absolute Gasteiger partial charge is 0.351 e. The second-order valence-corrected chi connectivity index (χ2v) is 8.41. The van der Waals surface area contributed by atoms with Crippen molar-refractivity contribution >= 4 is 28.8 Å². The SMILES string of the molecule is Cc1ccc(-c2nnc3n2CCCCC3)cc1NC(=O)CCNC(=O)c1cccs1. The number of carbonyl (C=O) groups excluding carboxylic acids is 2. The van der Waals surface area contributed by atoms with Gasteiger partial charge in [0.05, 0.1) is 4.88 Å². The zero-order valence-corrected chi connectivity index (χ0v) is 17.8. The van der Waals surface area contributed by atoms with Gasteiger partial charge in [-0.3, -0.25) is 9.59 Å². The highest BCUT2D eigenvalue weighted by molar-refractivity contribution is 7.12. The topological polar surface area (TPSA) is 88.9 Å². The first-order valence-electron chi connectivity index (χ1n) is 10.3. The van der Waals surface area contributed by atoms with Crippen molar-refractivity contribution in [1.29, 1.82) is 0 Å². The molecule has 2 N–H and O–H groups in total. The van der Waals surface area contributed by atoms with Crippen LogP contribution in [0.1, 0.15) is 46.7 Å². The number of rotatable bonds is 6. The molecule has 1 aromatic carbocycles. The van der Waals surface area contributed by atoms with Crippen molar-refractivity contribution < 1.29 is 9.59 Å². The Balaban J connectivity index is 1.40. The third-order valence-electron chi connectivity index (χ3n) is 5.26. The van der Waals surface area contributed by atoms with Gasteiger partial charge in [0.1, 0.15) is 5.82 Å². The number of carbonyl (C=O) groups is 2. The standard InChI is InChI=1S/C22H25N5O2S/c1-15-8-9-16(21-26-25-19-7-3-2-4-12-27(19)21)14-17(15)24-20(28)10-11-23-22(29)18-6-5-13-30-18/h5-6,8-9,13-14H,2-4,7,10-12H2,1H3,(H,23,29)(H,24,28). The zero-order chi connectivity index (χ0) is 20.9. The van der Waals surface area contributed by atoms with E-state index in [1.165, 1.54) is 17.8 Å². The molecule has 0 radical (unpaired) electrons. The Morgan fingerprint density at radius 1 is 1.17 bits per heavy atom. The predicted octanol–water partition coefficient (Wildman–Crippen LogP) is 3.80. The van der Waals surface area contributed by atoms with Gasteiger partial charge in [0.2, 0.25) is 5.91 Å². The highest BCUT2D eigenvalue weighted by atomic mass is 32.1. The summed E-state index contributed by atoms with van der Waals surface area (Å²) in [6.45, 7) is 3.18. The zero-order valence-electron chi connectivity index (χ0n) is 17.0. The van der Waals surface area contributed by atoms with Crippen LogP contribution in [0, 0.1) is 6.92 Å². The van der Waals surface area contributed by atoms with E-state index < -0.39 is 0 Å². The van der Waals surface area contributed by atoms with Crippen molar-refractivity contribution in [1.82, 2.24) is 20.1 Å². The second kappa shape index (κ2) is 9.21. The van der Waals surface area contributed by atoms with E-state index in [4.69, 9.17) is 0 Å². The monoisotopic (exact) mass is 423 g/mol. The van der Waals surface area contributed by atoms with Crippen LogP contribution in [-0.2, 0) is 17.8 Å². The summed E-state index contributed by atoms with van der Waals surface area (Å²) >= 11 is 1.38. The van der Waals surface area contributed by atoms with Gasteiger partial charge in [0.15, 0.2) is 5.82 Å². The molecular formula is C22H25N5O2S. The molecular weight excluding hydrogens is 398 g/mol. The molecule has 2 aromatic heterocycles. The van der Waals surface area contributed by atoms with Crippen LogP contribution in [0.25, 0.3) is 11.4 Å². The fraction of sp³-hybridized carbons (Fsp3) is 0.364. The van der Waals surface area contributed by atoms with Crippen molar-refractivity contribution in [3.63, 3.8) is 0 Å². The molecule has 0 saturated carbocycles. The van der Waals surface area contributed by atoms with Crippen LogP contribution in [0.3, 0.4) is 0 Å². The minimum absolute atomic E-state index is 0.137. The highest BCUT2D eigenvalue weighted by Gasteiger charge is 2.17. The van der Waals surface area contributed by atoms with Crippen LogP contribution in [0.5, 0.6) is 0 Å². The van der Waals surface area contributed by atoms with Gasteiger partial charge in [-0.15, -0.1) is 21.5 Å². The number of nitrogens with one attached hydrogen (secondary N) is 2. The van der Waals surface area contributed by atoms with Gasteiger partial charge in [-0.05, 0) is 42.8 Å². The number of thiophene rings is 1. The number of nitrogens with zero attached hydrogens (tertiary/aromatic N) is 3. The molecule has 0 spiro atoms. The molecule has 1 aliphatic rings. The maximum atomic E-state index is 12.4. The molecule has 4 rings (SSSR count). The fourth-order valence-electron chi connectivity index (χ4n) is 3.59. The normalized spacial score (nSPS) is 13.4. The Labute approximate surface area is 179 Å². The quantitative estimate of drug-likeness (QED) is 0.631. The molecule has 0 fully saturated rings. The molecule has 0 unspecified atom stereocenters. The number of aryl methyl sites for hydroxylation is 2. The Morgan fingerprint density at radius 3 is 2.90 bits per heavy atom. The van der Waals surface area contributed by atoms with E-state index in [1.807, 2.05) is 36.6 Å². The maximum Gasteiger partial charge on any atom is 0.261 e. The van der Waals surface area contributed by atoms with Crippen LogP contribution in [0.2, 0.25) is 0 Å². The average molecular weight is 424 g/mol. The highest BCUT2D eigenvalue weighted by Crippen LogP contribution is 2.27. The number of hydrogen-bond donors (Lipinski definition) is 2. The summed E-state index contributed by atoms with van der Waals surface area (Å²) < 4.78 is 2.20. The fourth-order valence-corrected chi connectivity index (χ4v) is 4.23. The number of hydrogen-bond acceptors (Lipinski definition) is 5. The lowest BCUT2D eigenvalue weighted by Crippen LogP contribution is -2.27. The van der Waals surface area contributed by atoms with E-state index in [9.17, 15) is 9.59 Å². The van der Waals surface area contributed by atoms with Crippen LogP contribution < -0.4 is 10.6 Å². The summed E-state index contributed by atoms with van der Waals surface area (Å²) in [5, 5.41) is 16.4. The van der Waals surface area contributed by atoms with E-state index in [-0.39, 0.29) is 18.2 Å². The van der Waals surface area contributed by atoms with Crippen molar-refractivity contribution in [2.75, 3.05) is 11.9 Å². The third kappa shape index (κ3) is 4.59. The minimum atomic E-state index is -0.150. The smallest absolute Gasteiger partial charge is 0.261 e. The van der Waals surface area contributed by atoms with Gasteiger partial charge >= 0.3 is 0 Å². The molecule has 7 nitrogen and oxygen atoms in total. The lowest BCUT2D eigenvalue weighted by molar-refractivity contribution is -0.116. The van der Waals surface area contributed by atoms with E-state index >= 15 is 0 Å². The van der Waals surface area contributed by atoms with E-state index in [0.717, 1.165) is 54.3 Å². The van der Waals surface area contributed by atoms with Crippen molar-refractivity contribution in [2.24, 2.45) is 0 Å². The number of benzene rings is 1. The van der Waals surface area contributed by atoms with E-state index in [2.05, 4.69) is 25.4 Å². The van der Waals surface area contributed by atoms with Gasteiger partial charge in [0, 0.05) is 37.2 Å². The molecule has 0 atom stereocenters. The van der Waals surface area contributed by atoms with Crippen molar-refractivity contribution in [3.8, 4) is 11.4 Å². The number of anilines is 1. The Bertz CT molecular complexity index is 1040. The lowest BCUT2D eigenvalue weighted by atomic mass is 10.1. The summed E-state index contributed by atoms with van der Waals surface area (Å²) in [6.07, 6.45) is 4.66. The van der Waals surface area contributed by atoms with Crippen LogP contribution in [-0.4, -0.2) is 33.1 Å². The summed E-state index contributed by atoms with van der Waals surface area (Å²) in [5.41, 5.74) is 2.68. The molecule has 3 aromatic rings. The first-order chi connectivity index (χ1) is 14.6. The minimum Gasteiger partial charge on any atom is -0.351 e. The second-order valence-electron chi connectivity index (χ2n) is 7.46. The summed E-state index contributed by atoms with van der Waals surface area (Å²) in [5.74, 6) is 1.60. The van der Waals surface area contributed by atoms with Crippen LogP contribution in [0.15, 0.2) is 35.7 Å². The Kier molecular flexibility index (Phi) is 6.23. The molecule has 0 aliphatic carbocycles.